The van der Waals surface area contributed by atoms with Gasteiger partial charge >= 0.3 is 5.51 Å². The molecular weight excluding hydrogens is 371 g/mol. The lowest BCUT2D eigenvalue weighted by Crippen LogP contribution is -2.24. The van der Waals surface area contributed by atoms with E-state index in [0.29, 0.717) is 5.75 Å². The Kier molecular flexibility index (Phi) is 4.49. The molecule has 0 aliphatic rings. The maximum Gasteiger partial charge on any atom is 0.502 e. The molecule has 3 rings (SSSR count). The second-order valence-corrected chi connectivity index (χ2v) is 7.11. The molecule has 0 spiro atoms. The van der Waals surface area contributed by atoms with Crippen molar-refractivity contribution in [1.82, 2.24) is 5.16 Å². The van der Waals surface area contributed by atoms with Gasteiger partial charge < -0.3 is 9.26 Å². The Morgan fingerprint density at radius 2 is 1.58 bits per heavy atom. The minimum absolute atomic E-state index is 0.152. The first kappa shape index (κ1) is 18.0. The summed E-state index contributed by atoms with van der Waals surface area (Å²) in [5.74, 6) is -0.00509. The number of aromatic nitrogens is 1. The van der Waals surface area contributed by atoms with Gasteiger partial charge in [-0.3, -0.25) is 0 Å². The van der Waals surface area contributed by atoms with Gasteiger partial charge in [-0.25, -0.2) is 8.42 Å². The molecule has 26 heavy (non-hydrogen) atoms. The average molecular weight is 383 g/mol. The van der Waals surface area contributed by atoms with Gasteiger partial charge in [0.2, 0.25) is 0 Å². The van der Waals surface area contributed by atoms with Crippen molar-refractivity contribution >= 4 is 9.84 Å². The van der Waals surface area contributed by atoms with Gasteiger partial charge in [-0.2, -0.15) is 13.2 Å². The molecule has 0 saturated heterocycles. The summed E-state index contributed by atoms with van der Waals surface area (Å²) in [6.07, 6.45) is 0. The smallest absolute Gasteiger partial charge is 0.497 e. The Hall–Kier alpha value is -2.81. The van der Waals surface area contributed by atoms with Crippen LogP contribution >= 0.6 is 0 Å². The van der Waals surface area contributed by atoms with Crippen LogP contribution in [-0.2, 0) is 9.84 Å². The molecule has 0 unspecified atom stereocenters. The normalized spacial score (nSPS) is 12.2. The van der Waals surface area contributed by atoms with Crippen LogP contribution in [0.3, 0.4) is 0 Å². The van der Waals surface area contributed by atoms with Crippen molar-refractivity contribution in [1.29, 1.82) is 0 Å². The van der Waals surface area contributed by atoms with Crippen molar-refractivity contribution in [2.75, 3.05) is 7.11 Å². The molecule has 0 saturated carbocycles. The van der Waals surface area contributed by atoms with Crippen molar-refractivity contribution in [2.45, 2.75) is 10.4 Å². The highest BCUT2D eigenvalue weighted by atomic mass is 32.2. The maximum atomic E-state index is 13.2. The number of methoxy groups -OCH3 is 1. The van der Waals surface area contributed by atoms with Crippen LogP contribution in [-0.4, -0.2) is 26.2 Å². The molecule has 0 bridgehead atoms. The summed E-state index contributed by atoms with van der Waals surface area (Å²) >= 11 is 0. The van der Waals surface area contributed by atoms with E-state index in [1.54, 1.807) is 18.2 Å². The Balaban J connectivity index is 2.28. The Morgan fingerprint density at radius 3 is 2.12 bits per heavy atom. The number of rotatable bonds is 4. The van der Waals surface area contributed by atoms with E-state index in [4.69, 9.17) is 9.26 Å². The topological polar surface area (TPSA) is 69.4 Å². The zero-order valence-electron chi connectivity index (χ0n) is 13.3. The van der Waals surface area contributed by atoms with Crippen LogP contribution in [0, 0.1) is 0 Å². The highest BCUT2D eigenvalue weighted by molar-refractivity contribution is 7.92. The molecule has 5 nitrogen and oxygen atoms in total. The number of ether oxygens (including phenoxy) is 1. The summed E-state index contributed by atoms with van der Waals surface area (Å²) < 4.78 is 74.0. The van der Waals surface area contributed by atoms with Gasteiger partial charge in [0.25, 0.3) is 9.84 Å². The first-order valence-electron chi connectivity index (χ1n) is 7.26. The van der Waals surface area contributed by atoms with Gasteiger partial charge in [-0.15, -0.1) is 0 Å². The molecule has 0 atom stereocenters. The number of hydrogen-bond donors (Lipinski definition) is 0. The van der Waals surface area contributed by atoms with Crippen LogP contribution in [0.15, 0.2) is 64.0 Å². The summed E-state index contributed by atoms with van der Waals surface area (Å²) in [6.45, 7) is 0. The summed E-state index contributed by atoms with van der Waals surface area (Å²) in [7, 11) is -4.27. The molecule has 1 heterocycles. The van der Waals surface area contributed by atoms with Gasteiger partial charge in [0.05, 0.1) is 7.11 Å². The number of sulfone groups is 1. The molecule has 0 amide bonds. The fourth-order valence-corrected chi connectivity index (χ4v) is 3.39. The third-order valence-electron chi connectivity index (χ3n) is 3.62. The lowest BCUT2D eigenvalue weighted by Gasteiger charge is -2.09. The Morgan fingerprint density at radius 1 is 0.962 bits per heavy atom. The molecule has 0 N–H and O–H groups in total. The standard InChI is InChI=1S/C17H12F3NO4S/c1-24-13-9-7-11(8-10-13)14-16(26(22,23)17(18,19)20)15(25-21-14)12-5-3-2-4-6-12/h2-10H,1H3. The minimum atomic E-state index is -5.69. The van der Waals surface area contributed by atoms with E-state index >= 15 is 0 Å². The number of benzene rings is 2. The van der Waals surface area contributed by atoms with Crippen molar-refractivity contribution in [3.8, 4) is 28.3 Å². The molecule has 0 fully saturated rings. The third kappa shape index (κ3) is 3.05. The van der Waals surface area contributed by atoms with E-state index in [9.17, 15) is 21.6 Å². The van der Waals surface area contributed by atoms with E-state index < -0.39 is 31.7 Å². The van der Waals surface area contributed by atoms with Crippen LogP contribution in [0.25, 0.3) is 22.6 Å². The van der Waals surface area contributed by atoms with Gasteiger partial charge in [0.1, 0.15) is 11.4 Å². The highest BCUT2D eigenvalue weighted by Crippen LogP contribution is 2.42. The molecule has 3 aromatic rings. The van der Waals surface area contributed by atoms with Crippen molar-refractivity contribution in [2.24, 2.45) is 0 Å². The highest BCUT2D eigenvalue weighted by Gasteiger charge is 2.51. The van der Waals surface area contributed by atoms with Crippen molar-refractivity contribution in [3.05, 3.63) is 54.6 Å². The number of alkyl halides is 3. The van der Waals surface area contributed by atoms with Crippen LogP contribution in [0.1, 0.15) is 0 Å². The van der Waals surface area contributed by atoms with Gasteiger partial charge in [-0.1, -0.05) is 35.5 Å². The van der Waals surface area contributed by atoms with Gasteiger partial charge in [-0.05, 0) is 24.3 Å². The van der Waals surface area contributed by atoms with E-state index in [1.165, 1.54) is 43.5 Å². The summed E-state index contributed by atoms with van der Waals surface area (Å²) in [6, 6.07) is 13.4. The number of hydrogen-bond acceptors (Lipinski definition) is 5. The number of halogens is 3. The Bertz CT molecular complexity index is 1010. The van der Waals surface area contributed by atoms with E-state index in [1.807, 2.05) is 0 Å². The van der Waals surface area contributed by atoms with Crippen LogP contribution in [0.2, 0.25) is 0 Å². The molecule has 2 aromatic carbocycles. The lowest BCUT2D eigenvalue weighted by atomic mass is 10.1. The van der Waals surface area contributed by atoms with E-state index in [2.05, 4.69) is 5.16 Å². The first-order chi connectivity index (χ1) is 12.3. The second-order valence-electron chi connectivity index (χ2n) is 5.23. The first-order valence-corrected chi connectivity index (χ1v) is 8.75. The monoisotopic (exact) mass is 383 g/mol. The van der Waals surface area contributed by atoms with Gasteiger partial charge in [0, 0.05) is 11.1 Å². The van der Waals surface area contributed by atoms with Gasteiger partial charge in [0.15, 0.2) is 10.7 Å². The quantitative estimate of drug-likeness (QED) is 0.671. The fourth-order valence-electron chi connectivity index (χ4n) is 2.35. The average Bonchev–Trinajstić information content (AvgIpc) is 3.07. The van der Waals surface area contributed by atoms with Crippen molar-refractivity contribution < 1.29 is 30.8 Å². The summed E-state index contributed by atoms with van der Waals surface area (Å²) in [4.78, 5) is -1.01. The second kappa shape index (κ2) is 6.49. The predicted molar refractivity (Wildman–Crippen MR) is 87.2 cm³/mol. The molecule has 0 aliphatic carbocycles. The minimum Gasteiger partial charge on any atom is -0.497 e. The molecular formula is C17H12F3NO4S. The summed E-state index contributed by atoms with van der Waals surface area (Å²) in [5, 5.41) is 3.60. The molecule has 1 aromatic heterocycles. The lowest BCUT2D eigenvalue weighted by molar-refractivity contribution is -0.0435. The third-order valence-corrected chi connectivity index (χ3v) is 5.15. The predicted octanol–water partition coefficient (Wildman–Crippen LogP) is 4.31. The maximum absolute atomic E-state index is 13.2. The largest absolute Gasteiger partial charge is 0.502 e. The van der Waals surface area contributed by atoms with E-state index in [0.717, 1.165) is 0 Å². The van der Waals surface area contributed by atoms with Crippen LogP contribution in [0.5, 0.6) is 5.75 Å². The molecule has 136 valence electrons. The zero-order chi connectivity index (χ0) is 18.9. The zero-order valence-corrected chi connectivity index (χ0v) is 14.1. The number of nitrogens with zero attached hydrogens (tertiary/aromatic N) is 1. The molecule has 9 heteroatoms. The van der Waals surface area contributed by atoms with Crippen LogP contribution in [0.4, 0.5) is 13.2 Å². The summed E-state index contributed by atoms with van der Waals surface area (Å²) in [5.41, 5.74) is -5.59. The molecule has 0 aliphatic heterocycles. The molecule has 0 radical (unpaired) electrons. The van der Waals surface area contributed by atoms with E-state index in [-0.39, 0.29) is 11.1 Å². The fraction of sp³-hybridized carbons (Fsp3) is 0.118. The SMILES string of the molecule is COc1ccc(-c2noc(-c3ccccc3)c2S(=O)(=O)C(F)(F)F)cc1. The van der Waals surface area contributed by atoms with Crippen molar-refractivity contribution in [3.63, 3.8) is 0 Å². The van der Waals surface area contributed by atoms with Crippen LogP contribution < -0.4 is 4.74 Å². The Labute approximate surface area is 146 Å².